The molecule has 43 heavy (non-hydrogen) atoms. The highest BCUT2D eigenvalue weighted by Gasteiger charge is 2.17. The van der Waals surface area contributed by atoms with E-state index >= 15 is 0 Å². The van der Waals surface area contributed by atoms with Gasteiger partial charge in [0.05, 0.1) is 29.5 Å². The quantitative estimate of drug-likeness (QED) is 0.194. The normalized spacial score (nSPS) is 11.3. The average molecular weight is 565 g/mol. The first-order chi connectivity index (χ1) is 21.0. The molecule has 3 aromatic heterocycles. The molecule has 0 N–H and O–H groups in total. The van der Waals surface area contributed by atoms with Crippen LogP contribution < -0.4 is 9.47 Å². The molecular weight excluding hydrogens is 532 g/mol. The zero-order valence-corrected chi connectivity index (χ0v) is 24.7. The maximum absolute atomic E-state index is 6.49. The Balaban J connectivity index is 1.30. The molecule has 0 aliphatic heterocycles. The van der Waals surface area contributed by atoms with Gasteiger partial charge in [0.1, 0.15) is 23.1 Å². The largest absolute Gasteiger partial charge is 0.497 e. The SMILES string of the molecule is CCc1ccc2c(c1)c1ccc(Oc3cccc(-n4nc(C)c(-c5ccccc5)c4C)c3)cc1n2-c1cc(OC)ccn1. The summed E-state index contributed by atoms with van der Waals surface area (Å²) in [4.78, 5) is 4.70. The van der Waals surface area contributed by atoms with Gasteiger partial charge in [-0.05, 0) is 73.9 Å². The maximum Gasteiger partial charge on any atom is 0.141 e. The molecule has 0 unspecified atom stereocenters. The van der Waals surface area contributed by atoms with Gasteiger partial charge >= 0.3 is 0 Å². The molecule has 0 atom stereocenters. The Hall–Kier alpha value is -5.36. The summed E-state index contributed by atoms with van der Waals surface area (Å²) in [6, 6.07) is 35.2. The van der Waals surface area contributed by atoms with E-state index in [4.69, 9.17) is 19.6 Å². The number of pyridine rings is 1. The van der Waals surface area contributed by atoms with E-state index in [9.17, 15) is 0 Å². The predicted molar refractivity (Wildman–Crippen MR) is 173 cm³/mol. The van der Waals surface area contributed by atoms with Crippen molar-refractivity contribution in [2.24, 2.45) is 0 Å². The molecule has 0 bridgehead atoms. The van der Waals surface area contributed by atoms with E-state index in [1.165, 1.54) is 10.9 Å². The first kappa shape index (κ1) is 26.5. The standard InChI is InChI=1S/C37H32N4O2/c1-5-26-14-17-34-33(20-26)32-16-15-31(22-35(32)40(34)36-23-29(42-4)18-19-38-36)43-30-13-9-12-28(21-30)41-25(3)37(24(2)39-41)27-10-7-6-8-11-27/h6-23H,5H2,1-4H3. The van der Waals surface area contributed by atoms with Gasteiger partial charge in [0.2, 0.25) is 0 Å². The van der Waals surface area contributed by atoms with Crippen LogP contribution in [0.2, 0.25) is 0 Å². The number of methoxy groups -OCH3 is 1. The Labute approximate surface area is 250 Å². The van der Waals surface area contributed by atoms with E-state index in [0.29, 0.717) is 0 Å². The number of rotatable bonds is 7. The minimum absolute atomic E-state index is 0.737. The topological polar surface area (TPSA) is 54.1 Å². The molecule has 0 amide bonds. The van der Waals surface area contributed by atoms with Crippen molar-refractivity contribution in [3.05, 3.63) is 126 Å². The Morgan fingerprint density at radius 2 is 1.56 bits per heavy atom. The van der Waals surface area contributed by atoms with E-state index in [1.807, 2.05) is 47.1 Å². The number of benzene rings is 4. The second-order valence-corrected chi connectivity index (χ2v) is 10.7. The van der Waals surface area contributed by atoms with Gasteiger partial charge in [-0.1, -0.05) is 49.4 Å². The van der Waals surface area contributed by atoms with Crippen molar-refractivity contribution in [3.63, 3.8) is 0 Å². The fourth-order valence-corrected chi connectivity index (χ4v) is 5.96. The lowest BCUT2D eigenvalue weighted by atomic mass is 10.0. The third-order valence-corrected chi connectivity index (χ3v) is 8.04. The third kappa shape index (κ3) is 4.71. The van der Waals surface area contributed by atoms with Crippen LogP contribution in [-0.4, -0.2) is 26.4 Å². The van der Waals surface area contributed by atoms with Crippen LogP contribution in [0, 0.1) is 13.8 Å². The molecule has 7 rings (SSSR count). The number of hydrogen-bond donors (Lipinski definition) is 0. The molecule has 0 spiro atoms. The summed E-state index contributed by atoms with van der Waals surface area (Å²) < 4.78 is 16.2. The molecule has 0 saturated carbocycles. The van der Waals surface area contributed by atoms with Crippen LogP contribution in [0.3, 0.4) is 0 Å². The molecule has 0 radical (unpaired) electrons. The highest BCUT2D eigenvalue weighted by Crippen LogP contribution is 2.36. The zero-order chi connectivity index (χ0) is 29.5. The molecule has 0 aliphatic carbocycles. The number of hydrogen-bond acceptors (Lipinski definition) is 4. The summed E-state index contributed by atoms with van der Waals surface area (Å²) in [5.41, 5.74) is 8.74. The van der Waals surface area contributed by atoms with Gasteiger partial charge < -0.3 is 9.47 Å². The maximum atomic E-state index is 6.49. The van der Waals surface area contributed by atoms with Crippen molar-refractivity contribution in [3.8, 4) is 39.9 Å². The second-order valence-electron chi connectivity index (χ2n) is 10.7. The van der Waals surface area contributed by atoms with Gasteiger partial charge in [0, 0.05) is 46.4 Å². The summed E-state index contributed by atoms with van der Waals surface area (Å²) in [5, 5.41) is 7.22. The van der Waals surface area contributed by atoms with Gasteiger partial charge in [0.25, 0.3) is 0 Å². The smallest absolute Gasteiger partial charge is 0.141 e. The Kier molecular flexibility index (Phi) is 6.67. The number of aromatic nitrogens is 4. The van der Waals surface area contributed by atoms with Crippen molar-refractivity contribution in [2.75, 3.05) is 7.11 Å². The molecule has 0 aliphatic rings. The first-order valence-electron chi connectivity index (χ1n) is 14.5. The lowest BCUT2D eigenvalue weighted by Gasteiger charge is -2.11. The van der Waals surface area contributed by atoms with Gasteiger partial charge in [-0.3, -0.25) is 4.57 Å². The van der Waals surface area contributed by atoms with Crippen molar-refractivity contribution < 1.29 is 9.47 Å². The zero-order valence-electron chi connectivity index (χ0n) is 24.7. The van der Waals surface area contributed by atoms with E-state index in [1.54, 1.807) is 13.3 Å². The summed E-state index contributed by atoms with van der Waals surface area (Å²) >= 11 is 0. The fourth-order valence-electron chi connectivity index (χ4n) is 5.96. The molecule has 4 aromatic carbocycles. The van der Waals surface area contributed by atoms with Crippen LogP contribution in [0.4, 0.5) is 0 Å². The Morgan fingerprint density at radius 1 is 0.721 bits per heavy atom. The van der Waals surface area contributed by atoms with Crippen molar-refractivity contribution in [1.82, 2.24) is 19.3 Å². The first-order valence-corrected chi connectivity index (χ1v) is 14.5. The van der Waals surface area contributed by atoms with Gasteiger partial charge in [-0.15, -0.1) is 0 Å². The predicted octanol–water partition coefficient (Wildman–Crippen LogP) is 9.01. The van der Waals surface area contributed by atoms with E-state index in [-0.39, 0.29) is 0 Å². The number of ether oxygens (including phenoxy) is 2. The number of nitrogens with zero attached hydrogens (tertiary/aromatic N) is 4. The number of fused-ring (bicyclic) bond motifs is 3. The highest BCUT2D eigenvalue weighted by atomic mass is 16.5. The van der Waals surface area contributed by atoms with Crippen LogP contribution in [0.5, 0.6) is 17.2 Å². The minimum Gasteiger partial charge on any atom is -0.497 e. The Bertz CT molecular complexity index is 2110. The van der Waals surface area contributed by atoms with Crippen LogP contribution >= 0.6 is 0 Å². The molecule has 0 fully saturated rings. The summed E-state index contributed by atoms with van der Waals surface area (Å²) in [6.45, 7) is 6.35. The average Bonchev–Trinajstić information content (AvgIpc) is 3.53. The Morgan fingerprint density at radius 3 is 2.37 bits per heavy atom. The molecule has 3 heterocycles. The van der Waals surface area contributed by atoms with Gasteiger partial charge in [-0.2, -0.15) is 5.10 Å². The molecule has 6 heteroatoms. The monoisotopic (exact) mass is 564 g/mol. The molecule has 6 nitrogen and oxygen atoms in total. The number of aryl methyl sites for hydroxylation is 2. The molecule has 0 saturated heterocycles. The fraction of sp³-hybridized carbons (Fsp3) is 0.135. The second kappa shape index (κ2) is 10.8. The molecule has 212 valence electrons. The minimum atomic E-state index is 0.737. The molecule has 7 aromatic rings. The van der Waals surface area contributed by atoms with Crippen molar-refractivity contribution >= 4 is 21.8 Å². The summed E-state index contributed by atoms with van der Waals surface area (Å²) in [6.07, 6.45) is 2.75. The van der Waals surface area contributed by atoms with Crippen LogP contribution in [0.1, 0.15) is 23.9 Å². The third-order valence-electron chi connectivity index (χ3n) is 8.04. The van der Waals surface area contributed by atoms with Crippen LogP contribution in [0.15, 0.2) is 109 Å². The van der Waals surface area contributed by atoms with Crippen molar-refractivity contribution in [1.29, 1.82) is 0 Å². The van der Waals surface area contributed by atoms with E-state index in [0.717, 1.165) is 74.1 Å². The molecular formula is C37H32N4O2. The van der Waals surface area contributed by atoms with Crippen molar-refractivity contribution in [2.45, 2.75) is 27.2 Å². The van der Waals surface area contributed by atoms with Gasteiger partial charge in [-0.25, -0.2) is 9.67 Å². The van der Waals surface area contributed by atoms with Crippen LogP contribution in [0.25, 0.3) is 44.4 Å². The lowest BCUT2D eigenvalue weighted by Crippen LogP contribution is -2.00. The highest BCUT2D eigenvalue weighted by molar-refractivity contribution is 6.09. The lowest BCUT2D eigenvalue weighted by molar-refractivity contribution is 0.414. The summed E-state index contributed by atoms with van der Waals surface area (Å²) in [7, 11) is 1.67. The van der Waals surface area contributed by atoms with E-state index in [2.05, 4.69) is 86.0 Å². The van der Waals surface area contributed by atoms with Crippen LogP contribution in [-0.2, 0) is 6.42 Å². The van der Waals surface area contributed by atoms with Gasteiger partial charge in [0.15, 0.2) is 0 Å². The summed E-state index contributed by atoms with van der Waals surface area (Å²) in [5.74, 6) is 3.03. The van der Waals surface area contributed by atoms with E-state index < -0.39 is 0 Å².